The minimum atomic E-state index is -0.0304. The molecule has 0 fully saturated rings. The van der Waals surface area contributed by atoms with Gasteiger partial charge >= 0.3 is 32.5 Å². The first-order valence-corrected chi connectivity index (χ1v) is 9.96. The van der Waals surface area contributed by atoms with Crippen LogP contribution in [0.2, 0.25) is 0 Å². The fourth-order valence-electron chi connectivity index (χ4n) is 2.87. The molecule has 0 aliphatic heterocycles. The molecule has 0 radical (unpaired) electrons. The summed E-state index contributed by atoms with van der Waals surface area (Å²) in [4.78, 5) is 11.2. The van der Waals surface area contributed by atoms with Crippen LogP contribution in [0.3, 0.4) is 0 Å². The molecule has 0 rings (SSSR count). The number of carbonyl (C=O) groups excluding carboxylic acids is 1. The number of rotatable bonds is 17. The van der Waals surface area contributed by atoms with Crippen molar-refractivity contribution in [1.29, 1.82) is 0 Å². The Morgan fingerprint density at radius 2 is 0.957 bits per heavy atom. The summed E-state index contributed by atoms with van der Waals surface area (Å²) in [5.41, 5.74) is 0. The van der Waals surface area contributed by atoms with Crippen LogP contribution in [-0.2, 0) is 9.53 Å². The zero-order valence-corrected chi connectivity index (χ0v) is 19.7. The molecule has 0 aromatic carbocycles. The summed E-state index contributed by atoms with van der Waals surface area (Å²) >= 11 is 0. The van der Waals surface area contributed by atoms with Crippen molar-refractivity contribution in [3.8, 4) is 0 Å². The van der Waals surface area contributed by atoms with E-state index in [0.717, 1.165) is 6.42 Å². The normalized spacial score (nSPS) is 10.3. The van der Waals surface area contributed by atoms with E-state index >= 15 is 0 Å². The molecular formula is C20H42O2Po. The van der Waals surface area contributed by atoms with Gasteiger partial charge < -0.3 is 4.74 Å². The van der Waals surface area contributed by atoms with E-state index in [1.807, 2.05) is 6.92 Å². The molecule has 0 bridgehead atoms. The van der Waals surface area contributed by atoms with Crippen molar-refractivity contribution < 1.29 is 9.53 Å². The van der Waals surface area contributed by atoms with E-state index < -0.39 is 0 Å². The second kappa shape index (κ2) is 22.4. The molecule has 140 valence electrons. The topological polar surface area (TPSA) is 26.3 Å². The molecule has 0 N–H and O–H groups in total. The molecule has 2 nitrogen and oxygen atoms in total. The van der Waals surface area contributed by atoms with Crippen LogP contribution in [0.15, 0.2) is 0 Å². The number of hydrogen-bond acceptors (Lipinski definition) is 2. The van der Waals surface area contributed by atoms with Crippen LogP contribution < -0.4 is 0 Å². The predicted octanol–water partition coefficient (Wildman–Crippen LogP) is 5.89. The average molecular weight is 524 g/mol. The first kappa shape index (κ1) is 25.6. The zero-order chi connectivity index (χ0) is 16.3. The SMILES string of the molecule is CCCCCCCCCCCCCCCCCC(=O)OCC.[PoH2]. The van der Waals surface area contributed by atoms with E-state index in [1.165, 1.54) is 89.9 Å². The van der Waals surface area contributed by atoms with E-state index in [-0.39, 0.29) is 32.5 Å². The summed E-state index contributed by atoms with van der Waals surface area (Å²) in [5.74, 6) is -0.0304. The summed E-state index contributed by atoms with van der Waals surface area (Å²) in [7, 11) is 0. The maximum atomic E-state index is 11.2. The van der Waals surface area contributed by atoms with Crippen LogP contribution in [0.5, 0.6) is 0 Å². The molecule has 0 amide bonds. The van der Waals surface area contributed by atoms with Crippen LogP contribution in [0, 0.1) is 0 Å². The molecule has 0 spiro atoms. The van der Waals surface area contributed by atoms with Crippen molar-refractivity contribution in [3.63, 3.8) is 0 Å². The number of hydrogen-bond donors (Lipinski definition) is 0. The van der Waals surface area contributed by atoms with Crippen molar-refractivity contribution in [2.75, 3.05) is 6.61 Å². The van der Waals surface area contributed by atoms with Gasteiger partial charge in [0.15, 0.2) is 0 Å². The third kappa shape index (κ3) is 22.4. The van der Waals surface area contributed by atoms with Crippen molar-refractivity contribution in [1.82, 2.24) is 0 Å². The number of unbranched alkanes of at least 4 members (excludes halogenated alkanes) is 14. The molecule has 0 aliphatic rings. The van der Waals surface area contributed by atoms with Gasteiger partial charge in [0.25, 0.3) is 0 Å². The Morgan fingerprint density at radius 1 is 0.609 bits per heavy atom. The van der Waals surface area contributed by atoms with Crippen molar-refractivity contribution in [3.05, 3.63) is 0 Å². The number of carbonyl (C=O) groups is 1. The zero-order valence-electron chi connectivity index (χ0n) is 15.8. The minimum absolute atomic E-state index is 0. The summed E-state index contributed by atoms with van der Waals surface area (Å²) in [6, 6.07) is 0. The Bertz CT molecular complexity index is 232. The van der Waals surface area contributed by atoms with Crippen LogP contribution >= 0.6 is 0 Å². The van der Waals surface area contributed by atoms with Gasteiger partial charge in [-0.15, -0.1) is 0 Å². The van der Waals surface area contributed by atoms with Gasteiger partial charge in [0.2, 0.25) is 0 Å². The van der Waals surface area contributed by atoms with Gasteiger partial charge in [-0.1, -0.05) is 96.8 Å². The summed E-state index contributed by atoms with van der Waals surface area (Å²) in [6.07, 6.45) is 21.0. The molecular weight excluding hydrogens is 481 g/mol. The Balaban J connectivity index is 0. The maximum absolute atomic E-state index is 11.2. The van der Waals surface area contributed by atoms with Gasteiger partial charge in [-0.05, 0) is 13.3 Å². The van der Waals surface area contributed by atoms with Crippen molar-refractivity contribution >= 4 is 32.5 Å². The molecule has 3 heteroatoms. The molecule has 0 heterocycles. The molecule has 0 aromatic heterocycles. The molecule has 0 unspecified atom stereocenters. The Morgan fingerprint density at radius 3 is 1.30 bits per heavy atom. The van der Waals surface area contributed by atoms with Gasteiger partial charge in [0.05, 0.1) is 6.61 Å². The molecule has 0 atom stereocenters. The Kier molecular flexibility index (Phi) is 24.9. The standard InChI is InChI=1S/C20H40O2.Po.2H/c1-3-5-6-7-8-9-10-11-12-13-14-15-16-17-18-19-20(21)22-4-2;;;/h3-19H2,1-2H3;;;. The van der Waals surface area contributed by atoms with Crippen LogP contribution in [0.25, 0.3) is 0 Å². The van der Waals surface area contributed by atoms with E-state index in [1.54, 1.807) is 0 Å². The fraction of sp³-hybridized carbons (Fsp3) is 0.950. The van der Waals surface area contributed by atoms with Gasteiger partial charge in [0, 0.05) is 6.42 Å². The average Bonchev–Trinajstić information content (AvgIpc) is 2.51. The summed E-state index contributed by atoms with van der Waals surface area (Å²) in [6.45, 7) is 4.66. The summed E-state index contributed by atoms with van der Waals surface area (Å²) in [5, 5.41) is 0. The van der Waals surface area contributed by atoms with Gasteiger partial charge in [-0.3, -0.25) is 4.79 Å². The number of ether oxygens (including phenoxy) is 1. The molecule has 0 aliphatic carbocycles. The molecule has 0 saturated carbocycles. The van der Waals surface area contributed by atoms with Gasteiger partial charge in [0.1, 0.15) is 0 Å². The quantitative estimate of drug-likeness (QED) is 0.175. The van der Waals surface area contributed by atoms with Crippen LogP contribution in [-0.4, -0.2) is 39.1 Å². The van der Waals surface area contributed by atoms with E-state index in [0.29, 0.717) is 13.0 Å². The van der Waals surface area contributed by atoms with E-state index in [4.69, 9.17) is 4.74 Å². The van der Waals surface area contributed by atoms with E-state index in [9.17, 15) is 4.79 Å². The third-order valence-electron chi connectivity index (χ3n) is 4.29. The predicted molar refractivity (Wildman–Crippen MR) is 105 cm³/mol. The van der Waals surface area contributed by atoms with Crippen molar-refractivity contribution in [2.45, 2.75) is 117 Å². The summed E-state index contributed by atoms with van der Waals surface area (Å²) < 4.78 is 4.92. The second-order valence-corrected chi connectivity index (χ2v) is 6.50. The third-order valence-corrected chi connectivity index (χ3v) is 4.29. The monoisotopic (exact) mass is 523 g/mol. The Labute approximate surface area is 165 Å². The first-order chi connectivity index (χ1) is 10.8. The second-order valence-electron chi connectivity index (χ2n) is 6.50. The number of esters is 1. The fourth-order valence-corrected chi connectivity index (χ4v) is 2.87. The molecule has 23 heavy (non-hydrogen) atoms. The van der Waals surface area contributed by atoms with Gasteiger partial charge in [-0.25, -0.2) is 0 Å². The van der Waals surface area contributed by atoms with Crippen molar-refractivity contribution in [2.24, 2.45) is 0 Å². The van der Waals surface area contributed by atoms with Crippen LogP contribution in [0.1, 0.15) is 117 Å². The first-order valence-electron chi connectivity index (χ1n) is 9.96. The van der Waals surface area contributed by atoms with E-state index in [2.05, 4.69) is 6.92 Å². The molecule has 0 saturated heterocycles. The van der Waals surface area contributed by atoms with Crippen LogP contribution in [0.4, 0.5) is 0 Å². The molecule has 0 aromatic rings. The van der Waals surface area contributed by atoms with Gasteiger partial charge in [-0.2, -0.15) is 0 Å². The Hall–Kier alpha value is 0.366.